The number of anilines is 1. The van der Waals surface area contributed by atoms with Crippen LogP contribution in [0.5, 0.6) is 0 Å². The number of hydrogen-bond acceptors (Lipinski definition) is 5. The Hall–Kier alpha value is -1.91. The third-order valence-corrected chi connectivity index (χ3v) is 4.81. The van der Waals surface area contributed by atoms with E-state index in [1.807, 2.05) is 18.3 Å². The van der Waals surface area contributed by atoms with Crippen molar-refractivity contribution in [3.63, 3.8) is 0 Å². The van der Waals surface area contributed by atoms with Crippen LogP contribution >= 0.6 is 24.0 Å². The summed E-state index contributed by atoms with van der Waals surface area (Å²) in [5.74, 6) is 3.61. The van der Waals surface area contributed by atoms with Crippen molar-refractivity contribution in [2.75, 3.05) is 44.2 Å². The number of aliphatic imine (C=N–C) groups is 1. The van der Waals surface area contributed by atoms with E-state index in [1.165, 1.54) is 0 Å². The largest absolute Gasteiger partial charge is 0.354 e. The lowest BCUT2D eigenvalue weighted by Gasteiger charge is -2.37. The molecule has 0 amide bonds. The van der Waals surface area contributed by atoms with Gasteiger partial charge in [-0.05, 0) is 18.1 Å². The molecule has 1 aliphatic rings. The van der Waals surface area contributed by atoms with Gasteiger partial charge in [-0.1, -0.05) is 26.8 Å². The smallest absolute Gasteiger partial charge is 0.194 e. The number of aryl methyl sites for hydroxylation is 1. The van der Waals surface area contributed by atoms with E-state index in [1.54, 1.807) is 6.33 Å². The monoisotopic (exact) mass is 512 g/mol. The summed E-state index contributed by atoms with van der Waals surface area (Å²) in [6.07, 6.45) is 4.55. The van der Waals surface area contributed by atoms with E-state index in [0.717, 1.165) is 69.8 Å². The number of aromatic nitrogens is 4. The van der Waals surface area contributed by atoms with Crippen molar-refractivity contribution in [3.8, 4) is 0 Å². The molecule has 9 heteroatoms. The summed E-state index contributed by atoms with van der Waals surface area (Å²) in [4.78, 5) is 14.0. The molecule has 1 saturated heterocycles. The normalized spacial score (nSPS) is 14.8. The molecule has 2 aromatic rings. The van der Waals surface area contributed by atoms with Gasteiger partial charge in [0.05, 0.1) is 0 Å². The number of hydrogen-bond donors (Lipinski definition) is 1. The van der Waals surface area contributed by atoms with Crippen molar-refractivity contribution in [2.45, 2.75) is 33.7 Å². The van der Waals surface area contributed by atoms with Crippen LogP contribution in [-0.2, 0) is 13.0 Å². The number of pyridine rings is 1. The third-order valence-electron chi connectivity index (χ3n) is 4.81. The van der Waals surface area contributed by atoms with Crippen LogP contribution in [0.25, 0.3) is 0 Å². The molecule has 0 saturated carbocycles. The lowest BCUT2D eigenvalue weighted by Crippen LogP contribution is -2.53. The molecule has 3 rings (SSSR count). The summed E-state index contributed by atoms with van der Waals surface area (Å²) in [6.45, 7) is 12.7. The summed E-state index contributed by atoms with van der Waals surface area (Å²) < 4.78 is 2.10. The highest BCUT2D eigenvalue weighted by Crippen LogP contribution is 2.12. The first-order valence-electron chi connectivity index (χ1n) is 10.2. The number of nitrogens with one attached hydrogen (secondary N) is 1. The number of rotatable bonds is 7. The fraction of sp³-hybridized carbons (Fsp3) is 0.600. The van der Waals surface area contributed by atoms with Gasteiger partial charge in [-0.2, -0.15) is 0 Å². The van der Waals surface area contributed by atoms with Crippen molar-refractivity contribution >= 4 is 35.8 Å². The van der Waals surface area contributed by atoms with Gasteiger partial charge >= 0.3 is 0 Å². The van der Waals surface area contributed by atoms with Crippen LogP contribution in [0.3, 0.4) is 0 Å². The quantitative estimate of drug-likeness (QED) is 0.349. The molecule has 0 unspecified atom stereocenters. The standard InChI is InChI=1S/C20H32N8.HI/c1-4-18-25-24-16-28(18)10-9-22-20(23-15-17(2)3)27-13-11-26(12-14-27)19-7-5-6-8-21-19;/h5-8,16-17H,4,9-15H2,1-3H3,(H,22,23);1H. The molecule has 0 bridgehead atoms. The molecule has 3 heterocycles. The predicted octanol–water partition coefficient (Wildman–Crippen LogP) is 2.28. The molecule has 0 atom stereocenters. The highest BCUT2D eigenvalue weighted by Gasteiger charge is 2.20. The first kappa shape index (κ1) is 23.4. The molecule has 0 spiro atoms. The van der Waals surface area contributed by atoms with E-state index in [0.29, 0.717) is 5.92 Å². The zero-order chi connectivity index (χ0) is 19.8. The molecule has 2 aromatic heterocycles. The van der Waals surface area contributed by atoms with Gasteiger partial charge in [-0.3, -0.25) is 4.99 Å². The Bertz CT molecular complexity index is 738. The number of guanidine groups is 1. The summed E-state index contributed by atoms with van der Waals surface area (Å²) in [5.41, 5.74) is 0. The molecular weight excluding hydrogens is 479 g/mol. The first-order chi connectivity index (χ1) is 13.7. The number of halogens is 1. The van der Waals surface area contributed by atoms with E-state index in [4.69, 9.17) is 4.99 Å². The predicted molar refractivity (Wildman–Crippen MR) is 128 cm³/mol. The molecule has 0 aliphatic carbocycles. The van der Waals surface area contributed by atoms with Gasteiger partial charge in [0.15, 0.2) is 5.96 Å². The van der Waals surface area contributed by atoms with E-state index in [2.05, 4.69) is 61.7 Å². The van der Waals surface area contributed by atoms with Gasteiger partial charge in [0.2, 0.25) is 0 Å². The van der Waals surface area contributed by atoms with Crippen molar-refractivity contribution < 1.29 is 0 Å². The Balaban J connectivity index is 0.00000300. The Labute approximate surface area is 190 Å². The second-order valence-corrected chi connectivity index (χ2v) is 7.44. The van der Waals surface area contributed by atoms with E-state index < -0.39 is 0 Å². The van der Waals surface area contributed by atoms with Crippen molar-refractivity contribution in [3.05, 3.63) is 36.5 Å². The summed E-state index contributed by atoms with van der Waals surface area (Å²) >= 11 is 0. The van der Waals surface area contributed by atoms with Crippen LogP contribution in [-0.4, -0.2) is 69.9 Å². The fourth-order valence-electron chi connectivity index (χ4n) is 3.25. The fourth-order valence-corrected chi connectivity index (χ4v) is 3.25. The number of nitrogens with zero attached hydrogens (tertiary/aromatic N) is 7. The molecule has 0 aromatic carbocycles. The molecule has 8 nitrogen and oxygen atoms in total. The topological polar surface area (TPSA) is 74.5 Å². The second-order valence-electron chi connectivity index (χ2n) is 7.44. The van der Waals surface area contributed by atoms with Crippen LogP contribution in [0.15, 0.2) is 35.7 Å². The minimum Gasteiger partial charge on any atom is -0.354 e. The molecule has 1 aliphatic heterocycles. The summed E-state index contributed by atoms with van der Waals surface area (Å²) in [5, 5.41) is 11.7. The van der Waals surface area contributed by atoms with Crippen LogP contribution in [0.2, 0.25) is 0 Å². The maximum absolute atomic E-state index is 4.86. The Morgan fingerprint density at radius 2 is 2.00 bits per heavy atom. The lowest BCUT2D eigenvalue weighted by atomic mass is 10.2. The van der Waals surface area contributed by atoms with Gasteiger partial charge in [-0.25, -0.2) is 4.98 Å². The van der Waals surface area contributed by atoms with Gasteiger partial charge in [-0.15, -0.1) is 34.2 Å². The van der Waals surface area contributed by atoms with Gasteiger partial charge in [0, 0.05) is 58.4 Å². The minimum absolute atomic E-state index is 0. The Morgan fingerprint density at radius 3 is 2.66 bits per heavy atom. The zero-order valence-electron chi connectivity index (χ0n) is 17.7. The third kappa shape index (κ3) is 6.83. The zero-order valence-corrected chi connectivity index (χ0v) is 20.0. The molecular formula is C20H33IN8. The maximum atomic E-state index is 4.86. The molecule has 0 radical (unpaired) electrons. The van der Waals surface area contributed by atoms with Gasteiger partial charge in [0.1, 0.15) is 18.0 Å². The molecule has 1 N–H and O–H groups in total. The number of piperazine rings is 1. The average molecular weight is 512 g/mol. The Kier molecular flexibility index (Phi) is 9.62. The second kappa shape index (κ2) is 11.9. The molecule has 29 heavy (non-hydrogen) atoms. The van der Waals surface area contributed by atoms with Crippen LogP contribution < -0.4 is 10.2 Å². The van der Waals surface area contributed by atoms with Crippen LogP contribution in [0.1, 0.15) is 26.6 Å². The minimum atomic E-state index is 0. The molecule has 1 fully saturated rings. The highest BCUT2D eigenvalue weighted by molar-refractivity contribution is 14.0. The van der Waals surface area contributed by atoms with Crippen LogP contribution in [0.4, 0.5) is 5.82 Å². The average Bonchev–Trinajstić information content (AvgIpc) is 3.19. The van der Waals surface area contributed by atoms with E-state index in [9.17, 15) is 0 Å². The van der Waals surface area contributed by atoms with Gasteiger partial charge in [0.25, 0.3) is 0 Å². The van der Waals surface area contributed by atoms with E-state index in [-0.39, 0.29) is 24.0 Å². The SMILES string of the molecule is CCc1nncn1CCNC(=NCC(C)C)N1CCN(c2ccccn2)CC1.I. The van der Waals surface area contributed by atoms with Crippen molar-refractivity contribution in [1.29, 1.82) is 0 Å². The van der Waals surface area contributed by atoms with Gasteiger partial charge < -0.3 is 19.7 Å². The van der Waals surface area contributed by atoms with Crippen molar-refractivity contribution in [1.82, 2.24) is 30.0 Å². The first-order valence-corrected chi connectivity index (χ1v) is 10.2. The maximum Gasteiger partial charge on any atom is 0.194 e. The Morgan fingerprint density at radius 1 is 1.21 bits per heavy atom. The lowest BCUT2D eigenvalue weighted by molar-refractivity contribution is 0.368. The van der Waals surface area contributed by atoms with Crippen LogP contribution in [0, 0.1) is 5.92 Å². The van der Waals surface area contributed by atoms with E-state index >= 15 is 0 Å². The summed E-state index contributed by atoms with van der Waals surface area (Å²) in [6, 6.07) is 6.08. The summed E-state index contributed by atoms with van der Waals surface area (Å²) in [7, 11) is 0. The van der Waals surface area contributed by atoms with Crippen molar-refractivity contribution in [2.24, 2.45) is 10.9 Å². The molecule has 160 valence electrons. The highest BCUT2D eigenvalue weighted by atomic mass is 127.